The van der Waals surface area contributed by atoms with Gasteiger partial charge in [0, 0.05) is 12.6 Å². The first-order chi connectivity index (χ1) is 7.72. The van der Waals surface area contributed by atoms with E-state index in [0.717, 1.165) is 25.7 Å². The quantitative estimate of drug-likeness (QED) is 0.711. The van der Waals surface area contributed by atoms with Crippen LogP contribution in [0.1, 0.15) is 32.1 Å². The Bertz CT molecular complexity index is 289. The predicted octanol–water partition coefficient (Wildman–Crippen LogP) is 0.886. The van der Waals surface area contributed by atoms with E-state index in [9.17, 15) is 9.59 Å². The maximum absolute atomic E-state index is 11.9. The Labute approximate surface area is 95.1 Å². The van der Waals surface area contributed by atoms with Crippen molar-refractivity contribution in [1.29, 1.82) is 0 Å². The lowest BCUT2D eigenvalue weighted by atomic mass is 10.0. The molecule has 0 aromatic rings. The van der Waals surface area contributed by atoms with Crippen molar-refractivity contribution in [2.75, 3.05) is 13.7 Å². The zero-order chi connectivity index (χ0) is 11.5. The van der Waals surface area contributed by atoms with Crippen molar-refractivity contribution < 1.29 is 14.3 Å². The van der Waals surface area contributed by atoms with E-state index in [4.69, 9.17) is 4.74 Å². The first-order valence-corrected chi connectivity index (χ1v) is 5.87. The largest absolute Gasteiger partial charge is 0.467 e. The third kappa shape index (κ3) is 2.46. The Morgan fingerprint density at radius 3 is 2.62 bits per heavy atom. The summed E-state index contributed by atoms with van der Waals surface area (Å²) in [6.07, 6.45) is 4.77. The molecule has 2 amide bonds. The number of hydrogen-bond acceptors (Lipinski definition) is 3. The van der Waals surface area contributed by atoms with Crippen LogP contribution in [0.2, 0.25) is 0 Å². The molecule has 1 saturated heterocycles. The molecule has 0 aromatic carbocycles. The number of likely N-dealkylation sites (tertiary alicyclic amines) is 1. The minimum absolute atomic E-state index is 0.113. The molecule has 2 rings (SSSR count). The average molecular weight is 226 g/mol. The van der Waals surface area contributed by atoms with Crippen LogP contribution < -0.4 is 5.32 Å². The summed E-state index contributed by atoms with van der Waals surface area (Å²) in [5, 5.41) is 2.91. The second kappa shape index (κ2) is 4.72. The van der Waals surface area contributed by atoms with E-state index in [1.807, 2.05) is 0 Å². The third-order valence-corrected chi connectivity index (χ3v) is 3.14. The second-order valence-corrected chi connectivity index (χ2v) is 4.45. The van der Waals surface area contributed by atoms with E-state index >= 15 is 0 Å². The molecule has 0 radical (unpaired) electrons. The number of amides is 2. The molecule has 0 spiro atoms. The summed E-state index contributed by atoms with van der Waals surface area (Å²) in [5.41, 5.74) is 0. The molecule has 1 unspecified atom stereocenters. The van der Waals surface area contributed by atoms with Crippen LogP contribution in [0.3, 0.4) is 0 Å². The lowest BCUT2D eigenvalue weighted by Crippen LogP contribution is -2.52. The maximum Gasteiger partial charge on any atom is 0.328 e. The fourth-order valence-corrected chi connectivity index (χ4v) is 2.04. The number of nitrogens with zero attached hydrogens (tertiary/aromatic N) is 1. The number of ether oxygens (including phenoxy) is 1. The van der Waals surface area contributed by atoms with E-state index in [-0.39, 0.29) is 12.0 Å². The number of hydrogen-bond donors (Lipinski definition) is 1. The minimum atomic E-state index is -0.391. The molecule has 1 atom stereocenters. The first kappa shape index (κ1) is 11.2. The average Bonchev–Trinajstić information content (AvgIpc) is 3.12. The highest BCUT2D eigenvalue weighted by Crippen LogP contribution is 2.22. The summed E-state index contributed by atoms with van der Waals surface area (Å²) >= 11 is 0. The Morgan fingerprint density at radius 2 is 2.00 bits per heavy atom. The maximum atomic E-state index is 11.9. The number of methoxy groups -OCH3 is 1. The number of carbonyl (C=O) groups excluding carboxylic acids is 2. The molecule has 2 fully saturated rings. The van der Waals surface area contributed by atoms with Gasteiger partial charge in [-0.1, -0.05) is 0 Å². The Balaban J connectivity index is 1.96. The summed E-state index contributed by atoms with van der Waals surface area (Å²) in [7, 11) is 1.37. The number of carbonyl (C=O) groups is 2. The van der Waals surface area contributed by atoms with Gasteiger partial charge in [-0.05, 0) is 32.1 Å². The molecule has 0 bridgehead atoms. The molecule has 0 aromatic heterocycles. The molecular formula is C11H18N2O3. The van der Waals surface area contributed by atoms with E-state index in [2.05, 4.69) is 5.32 Å². The smallest absolute Gasteiger partial charge is 0.328 e. The SMILES string of the molecule is COC(=O)C1CCCCN1C(=O)NC1CC1. The van der Waals surface area contributed by atoms with Gasteiger partial charge in [-0.15, -0.1) is 0 Å². The van der Waals surface area contributed by atoms with Crippen LogP contribution in [0.5, 0.6) is 0 Å². The van der Waals surface area contributed by atoms with Gasteiger partial charge in [0.25, 0.3) is 0 Å². The molecule has 1 heterocycles. The van der Waals surface area contributed by atoms with Gasteiger partial charge in [-0.25, -0.2) is 9.59 Å². The van der Waals surface area contributed by atoms with Crippen molar-refractivity contribution in [2.45, 2.75) is 44.2 Å². The highest BCUT2D eigenvalue weighted by atomic mass is 16.5. The van der Waals surface area contributed by atoms with Crippen LogP contribution in [-0.2, 0) is 9.53 Å². The molecule has 90 valence electrons. The van der Waals surface area contributed by atoms with Crippen LogP contribution in [0.15, 0.2) is 0 Å². The van der Waals surface area contributed by atoms with Crippen molar-refractivity contribution in [3.63, 3.8) is 0 Å². The number of nitrogens with one attached hydrogen (secondary N) is 1. The number of piperidine rings is 1. The zero-order valence-corrected chi connectivity index (χ0v) is 9.57. The fraction of sp³-hybridized carbons (Fsp3) is 0.818. The van der Waals surface area contributed by atoms with Crippen molar-refractivity contribution in [3.8, 4) is 0 Å². The summed E-state index contributed by atoms with van der Waals surface area (Å²) in [4.78, 5) is 25.0. The van der Waals surface area contributed by atoms with Crippen LogP contribution in [-0.4, -0.2) is 42.6 Å². The second-order valence-electron chi connectivity index (χ2n) is 4.45. The van der Waals surface area contributed by atoms with Gasteiger partial charge in [0.15, 0.2) is 0 Å². The molecule has 5 nitrogen and oxygen atoms in total. The predicted molar refractivity (Wildman–Crippen MR) is 57.9 cm³/mol. The van der Waals surface area contributed by atoms with Crippen molar-refractivity contribution >= 4 is 12.0 Å². The normalized spacial score (nSPS) is 25.1. The fourth-order valence-electron chi connectivity index (χ4n) is 2.04. The van der Waals surface area contributed by atoms with Gasteiger partial charge < -0.3 is 15.0 Å². The van der Waals surface area contributed by atoms with E-state index in [1.54, 1.807) is 4.90 Å². The van der Waals surface area contributed by atoms with Gasteiger partial charge in [0.2, 0.25) is 0 Å². The number of esters is 1. The topological polar surface area (TPSA) is 58.6 Å². The van der Waals surface area contributed by atoms with Crippen LogP contribution in [0, 0.1) is 0 Å². The molecule has 2 aliphatic rings. The summed E-state index contributed by atoms with van der Waals surface area (Å²) in [5.74, 6) is -0.300. The Kier molecular flexibility index (Phi) is 3.31. The zero-order valence-electron chi connectivity index (χ0n) is 9.57. The van der Waals surface area contributed by atoms with E-state index < -0.39 is 6.04 Å². The molecule has 1 aliphatic heterocycles. The van der Waals surface area contributed by atoms with Gasteiger partial charge >= 0.3 is 12.0 Å². The van der Waals surface area contributed by atoms with E-state index in [1.165, 1.54) is 7.11 Å². The van der Waals surface area contributed by atoms with Crippen LogP contribution >= 0.6 is 0 Å². The van der Waals surface area contributed by atoms with Crippen LogP contribution in [0.25, 0.3) is 0 Å². The minimum Gasteiger partial charge on any atom is -0.467 e. The lowest BCUT2D eigenvalue weighted by Gasteiger charge is -2.33. The van der Waals surface area contributed by atoms with Gasteiger partial charge in [0.1, 0.15) is 6.04 Å². The molecule has 1 aliphatic carbocycles. The summed E-state index contributed by atoms with van der Waals surface area (Å²) in [6, 6.07) is -0.178. The van der Waals surface area contributed by atoms with E-state index in [0.29, 0.717) is 19.0 Å². The van der Waals surface area contributed by atoms with Crippen molar-refractivity contribution in [2.24, 2.45) is 0 Å². The highest BCUT2D eigenvalue weighted by molar-refractivity contribution is 5.84. The standard InChI is InChI=1S/C11H18N2O3/c1-16-10(14)9-4-2-3-7-13(9)11(15)12-8-5-6-8/h8-9H,2-7H2,1H3,(H,12,15). The lowest BCUT2D eigenvalue weighted by molar-refractivity contribution is -0.146. The molecule has 5 heteroatoms. The molecular weight excluding hydrogens is 208 g/mol. The molecule has 1 saturated carbocycles. The van der Waals surface area contributed by atoms with Gasteiger partial charge in [-0.2, -0.15) is 0 Å². The highest BCUT2D eigenvalue weighted by Gasteiger charge is 2.35. The van der Waals surface area contributed by atoms with Crippen LogP contribution in [0.4, 0.5) is 4.79 Å². The monoisotopic (exact) mass is 226 g/mol. The van der Waals surface area contributed by atoms with Gasteiger partial charge in [-0.3, -0.25) is 0 Å². The van der Waals surface area contributed by atoms with Crippen molar-refractivity contribution in [3.05, 3.63) is 0 Å². The third-order valence-electron chi connectivity index (χ3n) is 3.14. The van der Waals surface area contributed by atoms with Gasteiger partial charge in [0.05, 0.1) is 7.11 Å². The number of rotatable bonds is 2. The summed E-state index contributed by atoms with van der Waals surface area (Å²) in [6.45, 7) is 0.651. The Morgan fingerprint density at radius 1 is 1.25 bits per heavy atom. The number of urea groups is 1. The Hall–Kier alpha value is -1.26. The summed E-state index contributed by atoms with van der Waals surface area (Å²) < 4.78 is 4.73. The molecule has 1 N–H and O–H groups in total. The van der Waals surface area contributed by atoms with Crippen molar-refractivity contribution in [1.82, 2.24) is 10.2 Å². The first-order valence-electron chi connectivity index (χ1n) is 5.87. The molecule has 16 heavy (non-hydrogen) atoms.